The van der Waals surface area contributed by atoms with Crippen LogP contribution < -0.4 is 15.6 Å². The number of aromatic nitrogens is 1. The van der Waals surface area contributed by atoms with Gasteiger partial charge in [0.25, 0.3) is 0 Å². The van der Waals surface area contributed by atoms with Gasteiger partial charge in [-0.05, 0) is 19.2 Å². The SMILES string of the molecule is CCn1cc(C(=O)O)c(=O)c2cc(F)c(N3CCNCC3)c(SC)c21. The van der Waals surface area contributed by atoms with E-state index in [-0.39, 0.29) is 10.9 Å². The minimum absolute atomic E-state index is 0.113. The van der Waals surface area contributed by atoms with Gasteiger partial charge in [-0.15, -0.1) is 11.8 Å². The average molecular weight is 365 g/mol. The number of carbonyl (C=O) groups is 1. The highest BCUT2D eigenvalue weighted by Gasteiger charge is 2.24. The number of nitrogens with zero attached hydrogens (tertiary/aromatic N) is 2. The topological polar surface area (TPSA) is 74.6 Å². The van der Waals surface area contributed by atoms with Gasteiger partial charge in [-0.2, -0.15) is 0 Å². The highest BCUT2D eigenvalue weighted by atomic mass is 32.2. The summed E-state index contributed by atoms with van der Waals surface area (Å²) < 4.78 is 16.6. The molecular formula is C17H20FN3O3S. The van der Waals surface area contributed by atoms with Crippen molar-refractivity contribution in [1.29, 1.82) is 0 Å². The Bertz CT molecular complexity index is 891. The minimum Gasteiger partial charge on any atom is -0.477 e. The van der Waals surface area contributed by atoms with Crippen LogP contribution in [0.5, 0.6) is 0 Å². The third kappa shape index (κ3) is 3.00. The number of nitrogens with one attached hydrogen (secondary N) is 1. The Labute approximate surface area is 148 Å². The number of aromatic carboxylic acids is 1. The number of carboxylic acid groups (broad SMARTS) is 1. The number of piperazine rings is 1. The first-order chi connectivity index (χ1) is 12.0. The molecule has 0 unspecified atom stereocenters. The Morgan fingerprint density at radius 1 is 1.40 bits per heavy atom. The van der Waals surface area contributed by atoms with Gasteiger partial charge in [0.1, 0.15) is 11.4 Å². The first kappa shape index (κ1) is 17.8. The minimum atomic E-state index is -1.30. The summed E-state index contributed by atoms with van der Waals surface area (Å²) in [4.78, 5) is 26.6. The van der Waals surface area contributed by atoms with E-state index in [1.54, 1.807) is 4.57 Å². The van der Waals surface area contributed by atoms with E-state index in [0.717, 1.165) is 13.1 Å². The van der Waals surface area contributed by atoms with Crippen LogP contribution in [0.2, 0.25) is 0 Å². The number of carboxylic acids is 1. The van der Waals surface area contributed by atoms with Crippen LogP contribution in [-0.2, 0) is 6.54 Å². The number of pyridine rings is 1. The third-order valence-electron chi connectivity index (χ3n) is 4.45. The Hall–Kier alpha value is -2.06. The van der Waals surface area contributed by atoms with Gasteiger partial charge in [-0.3, -0.25) is 4.79 Å². The molecule has 0 bridgehead atoms. The molecule has 1 aliphatic heterocycles. The summed E-state index contributed by atoms with van der Waals surface area (Å²) in [5.74, 6) is -1.78. The molecule has 25 heavy (non-hydrogen) atoms. The molecule has 2 N–H and O–H groups in total. The van der Waals surface area contributed by atoms with Crippen LogP contribution in [0.4, 0.5) is 10.1 Å². The molecule has 0 amide bonds. The maximum atomic E-state index is 14.9. The normalized spacial score (nSPS) is 14.9. The lowest BCUT2D eigenvalue weighted by Crippen LogP contribution is -2.44. The van der Waals surface area contributed by atoms with Crippen molar-refractivity contribution in [3.63, 3.8) is 0 Å². The second kappa shape index (κ2) is 7.05. The molecule has 1 aromatic heterocycles. The fourth-order valence-corrected chi connectivity index (χ4v) is 4.11. The van der Waals surface area contributed by atoms with Crippen molar-refractivity contribution < 1.29 is 14.3 Å². The third-order valence-corrected chi connectivity index (χ3v) is 5.25. The molecule has 0 atom stereocenters. The van der Waals surface area contributed by atoms with Crippen LogP contribution in [0.1, 0.15) is 17.3 Å². The predicted molar refractivity (Wildman–Crippen MR) is 97.7 cm³/mol. The number of anilines is 1. The maximum Gasteiger partial charge on any atom is 0.341 e. The van der Waals surface area contributed by atoms with Crippen LogP contribution in [0, 0.1) is 5.82 Å². The number of hydrogen-bond acceptors (Lipinski definition) is 5. The number of halogens is 1. The lowest BCUT2D eigenvalue weighted by molar-refractivity contribution is 0.0695. The second-order valence-electron chi connectivity index (χ2n) is 5.84. The van der Waals surface area contributed by atoms with Crippen molar-refractivity contribution in [1.82, 2.24) is 9.88 Å². The van der Waals surface area contributed by atoms with Crippen LogP contribution >= 0.6 is 11.8 Å². The molecule has 0 saturated carbocycles. The van der Waals surface area contributed by atoms with Gasteiger partial charge < -0.3 is 19.9 Å². The zero-order chi connectivity index (χ0) is 18.1. The first-order valence-corrected chi connectivity index (χ1v) is 9.34. The van der Waals surface area contributed by atoms with Gasteiger partial charge in [0, 0.05) is 38.9 Å². The summed E-state index contributed by atoms with van der Waals surface area (Å²) in [6, 6.07) is 1.19. The molecule has 2 heterocycles. The van der Waals surface area contributed by atoms with E-state index in [9.17, 15) is 19.1 Å². The van der Waals surface area contributed by atoms with Gasteiger partial charge in [-0.25, -0.2) is 9.18 Å². The first-order valence-electron chi connectivity index (χ1n) is 8.12. The fourth-order valence-electron chi connectivity index (χ4n) is 3.27. The van der Waals surface area contributed by atoms with Crippen molar-refractivity contribution in [2.24, 2.45) is 0 Å². The number of rotatable bonds is 4. The zero-order valence-electron chi connectivity index (χ0n) is 14.1. The highest BCUT2D eigenvalue weighted by molar-refractivity contribution is 7.99. The highest BCUT2D eigenvalue weighted by Crippen LogP contribution is 2.37. The summed E-state index contributed by atoms with van der Waals surface area (Å²) >= 11 is 1.38. The fraction of sp³-hybridized carbons (Fsp3) is 0.412. The molecular weight excluding hydrogens is 345 g/mol. The van der Waals surface area contributed by atoms with E-state index >= 15 is 0 Å². The quantitative estimate of drug-likeness (QED) is 0.808. The largest absolute Gasteiger partial charge is 0.477 e. The van der Waals surface area contributed by atoms with Gasteiger partial charge in [0.05, 0.1) is 21.5 Å². The maximum absolute atomic E-state index is 14.9. The molecule has 0 spiro atoms. The summed E-state index contributed by atoms with van der Waals surface area (Å²) in [7, 11) is 0. The smallest absolute Gasteiger partial charge is 0.341 e. The van der Waals surface area contributed by atoms with E-state index in [0.29, 0.717) is 35.7 Å². The van der Waals surface area contributed by atoms with Gasteiger partial charge in [0.2, 0.25) is 5.43 Å². The van der Waals surface area contributed by atoms with Gasteiger partial charge >= 0.3 is 5.97 Å². The summed E-state index contributed by atoms with van der Waals surface area (Å²) in [5, 5.41) is 12.6. The molecule has 1 saturated heterocycles. The van der Waals surface area contributed by atoms with E-state index < -0.39 is 17.2 Å². The van der Waals surface area contributed by atoms with Crippen molar-refractivity contribution in [3.05, 3.63) is 33.9 Å². The van der Waals surface area contributed by atoms with Gasteiger partial charge in [-0.1, -0.05) is 0 Å². The van der Waals surface area contributed by atoms with Crippen LogP contribution in [-0.4, -0.2) is 48.1 Å². The van der Waals surface area contributed by atoms with Crippen molar-refractivity contribution in [2.75, 3.05) is 37.3 Å². The average Bonchev–Trinajstić information content (AvgIpc) is 2.61. The van der Waals surface area contributed by atoms with Crippen LogP contribution in [0.15, 0.2) is 22.0 Å². The van der Waals surface area contributed by atoms with Crippen LogP contribution in [0.3, 0.4) is 0 Å². The lowest BCUT2D eigenvalue weighted by atomic mass is 10.1. The summed E-state index contributed by atoms with van der Waals surface area (Å²) in [6.07, 6.45) is 3.20. The van der Waals surface area contributed by atoms with E-state index in [1.165, 1.54) is 24.0 Å². The van der Waals surface area contributed by atoms with Crippen LogP contribution in [0.25, 0.3) is 10.9 Å². The molecule has 134 valence electrons. The van der Waals surface area contributed by atoms with Crippen molar-refractivity contribution in [2.45, 2.75) is 18.4 Å². The van der Waals surface area contributed by atoms with Crippen molar-refractivity contribution in [3.8, 4) is 0 Å². The second-order valence-corrected chi connectivity index (χ2v) is 6.65. The Balaban J connectivity index is 2.38. The number of benzene rings is 1. The zero-order valence-corrected chi connectivity index (χ0v) is 15.0. The molecule has 3 rings (SSSR count). The van der Waals surface area contributed by atoms with Gasteiger partial charge in [0.15, 0.2) is 0 Å². The Morgan fingerprint density at radius 2 is 2.08 bits per heavy atom. The van der Waals surface area contributed by atoms with E-state index in [4.69, 9.17) is 0 Å². The Kier molecular flexibility index (Phi) is 5.01. The molecule has 8 heteroatoms. The summed E-state index contributed by atoms with van der Waals surface area (Å²) in [5.41, 5.74) is 0.107. The molecule has 0 aliphatic carbocycles. The monoisotopic (exact) mass is 365 g/mol. The number of hydrogen-bond donors (Lipinski definition) is 2. The number of fused-ring (bicyclic) bond motifs is 1. The van der Waals surface area contributed by atoms with Crippen molar-refractivity contribution >= 4 is 34.3 Å². The number of thioether (sulfide) groups is 1. The molecule has 1 aliphatic rings. The van der Waals surface area contributed by atoms with E-state index in [1.807, 2.05) is 18.1 Å². The molecule has 6 nitrogen and oxygen atoms in total. The lowest BCUT2D eigenvalue weighted by Gasteiger charge is -2.32. The molecule has 1 fully saturated rings. The molecule has 2 aromatic rings. The standard InChI is InChI=1S/C17H20FN3O3S/c1-3-20-9-11(17(23)24)15(22)10-8-12(18)14(16(25-2)13(10)20)21-6-4-19-5-7-21/h8-9,19H,3-7H2,1-2H3,(H,23,24). The molecule has 0 radical (unpaired) electrons. The Morgan fingerprint density at radius 3 is 2.64 bits per heavy atom. The number of aryl methyl sites for hydroxylation is 1. The van der Waals surface area contributed by atoms with E-state index in [2.05, 4.69) is 5.32 Å². The summed E-state index contributed by atoms with van der Waals surface area (Å²) in [6.45, 7) is 5.25. The predicted octanol–water partition coefficient (Wildman–Crippen LogP) is 1.99. The molecule has 1 aromatic carbocycles.